The molecule has 4 aromatic rings. The number of rotatable bonds is 7. The molecule has 156 valence electrons. The SMILES string of the molecule is CC(C)C(=O)NCc1nnnn1C(c1ccccc1)(c1ccccc1)c1ccccc1. The lowest BCUT2D eigenvalue weighted by molar-refractivity contribution is -0.124. The van der Waals surface area contributed by atoms with Crippen LogP contribution in [0.5, 0.6) is 0 Å². The van der Waals surface area contributed by atoms with Crippen LogP contribution >= 0.6 is 0 Å². The highest BCUT2D eigenvalue weighted by atomic mass is 16.1. The first-order valence-corrected chi connectivity index (χ1v) is 10.4. The zero-order chi connectivity index (χ0) is 21.7. The van der Waals surface area contributed by atoms with E-state index < -0.39 is 5.54 Å². The van der Waals surface area contributed by atoms with Crippen molar-refractivity contribution in [2.75, 3.05) is 0 Å². The summed E-state index contributed by atoms with van der Waals surface area (Å²) in [5.74, 6) is 0.413. The van der Waals surface area contributed by atoms with Gasteiger partial charge in [0.05, 0.1) is 6.54 Å². The summed E-state index contributed by atoms with van der Waals surface area (Å²) >= 11 is 0. The number of tetrazole rings is 1. The zero-order valence-electron chi connectivity index (χ0n) is 17.6. The van der Waals surface area contributed by atoms with Crippen LogP contribution in [0, 0.1) is 5.92 Å². The average Bonchev–Trinajstić information content (AvgIpc) is 3.29. The van der Waals surface area contributed by atoms with E-state index in [4.69, 9.17) is 0 Å². The minimum Gasteiger partial charge on any atom is -0.349 e. The maximum Gasteiger partial charge on any atom is 0.222 e. The van der Waals surface area contributed by atoms with E-state index in [0.29, 0.717) is 5.82 Å². The number of aromatic nitrogens is 4. The Kier molecular flexibility index (Phi) is 5.89. The van der Waals surface area contributed by atoms with Crippen LogP contribution in [0.15, 0.2) is 91.0 Å². The first-order valence-electron chi connectivity index (χ1n) is 10.4. The maximum absolute atomic E-state index is 12.2. The van der Waals surface area contributed by atoms with Gasteiger partial charge in [-0.25, -0.2) is 4.68 Å². The van der Waals surface area contributed by atoms with Crippen molar-refractivity contribution in [2.45, 2.75) is 25.9 Å². The number of hydrogen-bond acceptors (Lipinski definition) is 4. The largest absolute Gasteiger partial charge is 0.349 e. The van der Waals surface area contributed by atoms with Gasteiger partial charge in [0.15, 0.2) is 5.82 Å². The summed E-state index contributed by atoms with van der Waals surface area (Å²) in [6, 6.07) is 30.6. The van der Waals surface area contributed by atoms with Crippen molar-refractivity contribution in [2.24, 2.45) is 5.92 Å². The van der Waals surface area contributed by atoms with Gasteiger partial charge < -0.3 is 5.32 Å². The van der Waals surface area contributed by atoms with Crippen molar-refractivity contribution in [3.05, 3.63) is 114 Å². The van der Waals surface area contributed by atoms with Crippen molar-refractivity contribution < 1.29 is 4.79 Å². The molecular formula is C25H25N5O. The summed E-state index contributed by atoms with van der Waals surface area (Å²) in [5, 5.41) is 15.7. The standard InChI is InChI=1S/C25H25N5O/c1-19(2)24(31)26-18-23-27-28-29-30(23)25(20-12-6-3-7-13-20,21-14-8-4-9-15-21)22-16-10-5-11-17-22/h3-17,19H,18H2,1-2H3,(H,26,31). The van der Waals surface area contributed by atoms with Gasteiger partial charge in [-0.05, 0) is 27.1 Å². The molecule has 1 amide bonds. The van der Waals surface area contributed by atoms with E-state index in [0.717, 1.165) is 16.7 Å². The smallest absolute Gasteiger partial charge is 0.222 e. The van der Waals surface area contributed by atoms with Gasteiger partial charge in [0, 0.05) is 5.92 Å². The summed E-state index contributed by atoms with van der Waals surface area (Å²) < 4.78 is 1.83. The fourth-order valence-electron chi connectivity index (χ4n) is 3.85. The van der Waals surface area contributed by atoms with E-state index in [2.05, 4.69) is 57.2 Å². The first kappa shape index (κ1) is 20.5. The monoisotopic (exact) mass is 411 g/mol. The Balaban J connectivity index is 1.97. The van der Waals surface area contributed by atoms with Crippen molar-refractivity contribution in [1.29, 1.82) is 0 Å². The third-order valence-corrected chi connectivity index (χ3v) is 5.37. The molecule has 0 unspecified atom stereocenters. The molecule has 6 heteroatoms. The Morgan fingerprint density at radius 1 is 0.839 bits per heavy atom. The van der Waals surface area contributed by atoms with Crippen LogP contribution in [0.4, 0.5) is 0 Å². The number of benzene rings is 3. The molecule has 3 aromatic carbocycles. The Labute approximate surface area is 181 Å². The molecule has 0 aliphatic heterocycles. The van der Waals surface area contributed by atoms with Gasteiger partial charge in [0.2, 0.25) is 5.91 Å². The Morgan fingerprint density at radius 3 is 1.71 bits per heavy atom. The van der Waals surface area contributed by atoms with E-state index in [1.165, 1.54) is 0 Å². The predicted octanol–water partition coefficient (Wildman–Crippen LogP) is 3.79. The van der Waals surface area contributed by atoms with Gasteiger partial charge in [-0.15, -0.1) is 5.10 Å². The molecule has 0 saturated carbocycles. The molecule has 0 radical (unpaired) electrons. The molecule has 4 rings (SSSR count). The summed E-state index contributed by atoms with van der Waals surface area (Å²) in [5.41, 5.74) is 2.27. The van der Waals surface area contributed by atoms with Crippen LogP contribution in [0.3, 0.4) is 0 Å². The topological polar surface area (TPSA) is 72.7 Å². The maximum atomic E-state index is 12.2. The fourth-order valence-corrected chi connectivity index (χ4v) is 3.85. The molecule has 0 bridgehead atoms. The Hall–Kier alpha value is -3.80. The minimum absolute atomic E-state index is 0.0423. The molecule has 0 aliphatic carbocycles. The van der Waals surface area contributed by atoms with Gasteiger partial charge in [-0.1, -0.05) is 105 Å². The van der Waals surface area contributed by atoms with Gasteiger partial charge in [-0.2, -0.15) is 0 Å². The second-order valence-corrected chi connectivity index (χ2v) is 7.69. The van der Waals surface area contributed by atoms with Crippen LogP contribution in [-0.2, 0) is 16.9 Å². The molecule has 31 heavy (non-hydrogen) atoms. The predicted molar refractivity (Wildman–Crippen MR) is 119 cm³/mol. The van der Waals surface area contributed by atoms with E-state index in [-0.39, 0.29) is 18.4 Å². The van der Waals surface area contributed by atoms with E-state index in [9.17, 15) is 4.79 Å². The molecule has 0 spiro atoms. The van der Waals surface area contributed by atoms with E-state index in [1.807, 2.05) is 73.1 Å². The summed E-state index contributed by atoms with van der Waals surface area (Å²) in [4.78, 5) is 12.2. The summed E-state index contributed by atoms with van der Waals surface area (Å²) in [6.07, 6.45) is 0. The molecule has 0 saturated heterocycles. The molecule has 1 N–H and O–H groups in total. The lowest BCUT2D eigenvalue weighted by atomic mass is 9.77. The van der Waals surface area contributed by atoms with Crippen LogP contribution in [0.2, 0.25) is 0 Å². The second kappa shape index (κ2) is 8.92. The minimum atomic E-state index is -0.800. The number of hydrogen-bond donors (Lipinski definition) is 1. The number of nitrogens with one attached hydrogen (secondary N) is 1. The highest BCUT2D eigenvalue weighted by Crippen LogP contribution is 2.40. The van der Waals surface area contributed by atoms with Crippen molar-refractivity contribution in [1.82, 2.24) is 25.5 Å². The number of amides is 1. The van der Waals surface area contributed by atoms with Gasteiger partial charge in [0.1, 0.15) is 5.54 Å². The van der Waals surface area contributed by atoms with Gasteiger partial charge in [-0.3, -0.25) is 4.79 Å². The highest BCUT2D eigenvalue weighted by molar-refractivity contribution is 5.77. The number of carbonyl (C=O) groups is 1. The molecular weight excluding hydrogens is 386 g/mol. The molecule has 1 heterocycles. The average molecular weight is 412 g/mol. The van der Waals surface area contributed by atoms with Gasteiger partial charge >= 0.3 is 0 Å². The third kappa shape index (κ3) is 3.84. The van der Waals surface area contributed by atoms with E-state index in [1.54, 1.807) is 0 Å². The van der Waals surface area contributed by atoms with Crippen LogP contribution in [0.25, 0.3) is 0 Å². The zero-order valence-corrected chi connectivity index (χ0v) is 17.6. The van der Waals surface area contributed by atoms with Crippen LogP contribution in [-0.4, -0.2) is 26.1 Å². The normalized spacial score (nSPS) is 11.5. The van der Waals surface area contributed by atoms with E-state index >= 15 is 0 Å². The Bertz CT molecular complexity index is 1030. The van der Waals surface area contributed by atoms with Crippen molar-refractivity contribution in [3.63, 3.8) is 0 Å². The second-order valence-electron chi connectivity index (χ2n) is 7.69. The van der Waals surface area contributed by atoms with Gasteiger partial charge in [0.25, 0.3) is 0 Å². The van der Waals surface area contributed by atoms with Crippen molar-refractivity contribution in [3.8, 4) is 0 Å². The van der Waals surface area contributed by atoms with Crippen molar-refractivity contribution >= 4 is 5.91 Å². The number of nitrogens with zero attached hydrogens (tertiary/aromatic N) is 4. The number of carbonyl (C=O) groups excluding carboxylic acids is 1. The lowest BCUT2D eigenvalue weighted by Gasteiger charge is -2.36. The fraction of sp³-hybridized carbons (Fsp3) is 0.200. The summed E-state index contributed by atoms with van der Waals surface area (Å²) in [7, 11) is 0. The summed E-state index contributed by atoms with van der Waals surface area (Å²) in [6.45, 7) is 3.96. The van der Waals surface area contributed by atoms with Crippen LogP contribution < -0.4 is 5.32 Å². The first-order chi connectivity index (χ1) is 15.1. The Morgan fingerprint density at radius 2 is 1.29 bits per heavy atom. The molecule has 0 aliphatic rings. The molecule has 1 aromatic heterocycles. The highest BCUT2D eigenvalue weighted by Gasteiger charge is 2.41. The lowest BCUT2D eigenvalue weighted by Crippen LogP contribution is -2.41. The van der Waals surface area contributed by atoms with Crippen LogP contribution in [0.1, 0.15) is 36.4 Å². The molecule has 6 nitrogen and oxygen atoms in total. The molecule has 0 atom stereocenters. The quantitative estimate of drug-likeness (QED) is 0.470. The third-order valence-electron chi connectivity index (χ3n) is 5.37. The molecule has 0 fully saturated rings.